The van der Waals surface area contributed by atoms with Crippen molar-refractivity contribution in [2.45, 2.75) is 76.4 Å². The lowest BCUT2D eigenvalue weighted by Gasteiger charge is -2.64. The highest BCUT2D eigenvalue weighted by atomic mass is 35.5. The van der Waals surface area contributed by atoms with Crippen LogP contribution in [0.2, 0.25) is 0 Å². The topological polar surface area (TPSA) is 132 Å². The second-order valence-electron chi connectivity index (χ2n) is 10.9. The Morgan fingerprint density at radius 3 is 2.62 bits per heavy atom. The highest BCUT2D eigenvalue weighted by Gasteiger charge is 2.74. The molecule has 0 amide bonds. The normalized spacial score (nSPS) is 47.0. The number of esters is 1. The van der Waals surface area contributed by atoms with Gasteiger partial charge in [0.1, 0.15) is 23.6 Å². The van der Waals surface area contributed by atoms with Crippen LogP contribution >= 0.6 is 11.6 Å². The largest absolute Gasteiger partial charge is 0.459 e. The first-order chi connectivity index (χ1) is 15.9. The van der Waals surface area contributed by atoms with Crippen LogP contribution in [0.4, 0.5) is 0 Å². The van der Waals surface area contributed by atoms with E-state index in [1.54, 1.807) is 13.0 Å². The number of hydrogen-bond acceptors (Lipinski definition) is 8. The molecule has 0 unspecified atom stereocenters. The molecule has 0 radical (unpaired) electrons. The summed E-state index contributed by atoms with van der Waals surface area (Å²) < 4.78 is 5.23. The summed E-state index contributed by atoms with van der Waals surface area (Å²) in [6, 6.07) is 0. The van der Waals surface area contributed by atoms with E-state index in [1.807, 2.05) is 32.9 Å². The molecule has 188 valence electrons. The third kappa shape index (κ3) is 3.07. The van der Waals surface area contributed by atoms with Crippen molar-refractivity contribution in [1.82, 2.24) is 0 Å². The molecule has 3 saturated carbocycles. The van der Waals surface area contributed by atoms with E-state index in [9.17, 15) is 25.4 Å². The van der Waals surface area contributed by atoms with E-state index < -0.39 is 33.4 Å². The van der Waals surface area contributed by atoms with E-state index in [2.05, 4.69) is 10.3 Å². The van der Waals surface area contributed by atoms with E-state index >= 15 is 0 Å². The van der Waals surface area contributed by atoms with E-state index in [4.69, 9.17) is 16.3 Å². The molecule has 0 saturated heterocycles. The molecule has 4 rings (SSSR count). The zero-order chi connectivity index (χ0) is 25.1. The molecule has 9 heteroatoms. The van der Waals surface area contributed by atoms with Crippen molar-refractivity contribution in [3.8, 4) is 0 Å². The minimum atomic E-state index is -1.57. The van der Waals surface area contributed by atoms with Crippen LogP contribution in [0, 0.1) is 28.6 Å². The Morgan fingerprint density at radius 2 is 2.00 bits per heavy atom. The molecule has 0 spiro atoms. The second-order valence-corrected chi connectivity index (χ2v) is 11.5. The lowest BCUT2D eigenvalue weighted by Crippen LogP contribution is -2.69. The van der Waals surface area contributed by atoms with Gasteiger partial charge in [0, 0.05) is 17.3 Å². The lowest BCUT2D eigenvalue weighted by molar-refractivity contribution is -0.145. The monoisotopic (exact) mass is 494 g/mol. The molecular formula is C25H35ClN2O6. The van der Waals surface area contributed by atoms with Crippen LogP contribution in [0.5, 0.6) is 0 Å². The van der Waals surface area contributed by atoms with Crippen molar-refractivity contribution in [3.63, 3.8) is 0 Å². The number of allylic oxidation sites excluding steroid dienone is 4. The minimum Gasteiger partial charge on any atom is -0.459 e. The Kier molecular flexibility index (Phi) is 6.19. The number of hydrogen-bond donors (Lipinski definition) is 4. The number of oxime groups is 2. The standard InChI is InChI=1S/C25H35ClN2O6/c1-5-21(30)34-13-19(28-33)25(31)14(2)10-18-17-7-6-15-11-16(27-32)8-9-22(15,3)24(17,26)20(29)12-23(18,25)4/h8-9,11,14,17-18,20,29,31-33H,5-7,10,12-13H2,1-4H3/b27-16+,28-19+/t14-,17-,18-,20-,22-,23-,24-,25-/m0/s1. The Morgan fingerprint density at radius 1 is 1.29 bits per heavy atom. The van der Waals surface area contributed by atoms with Gasteiger partial charge in [0.2, 0.25) is 0 Å². The van der Waals surface area contributed by atoms with Gasteiger partial charge in [-0.15, -0.1) is 11.6 Å². The minimum absolute atomic E-state index is 0.00467. The van der Waals surface area contributed by atoms with Gasteiger partial charge in [0.25, 0.3) is 0 Å². The van der Waals surface area contributed by atoms with Gasteiger partial charge in [-0.05, 0) is 55.6 Å². The highest BCUT2D eigenvalue weighted by molar-refractivity contribution is 6.26. The first-order valence-corrected chi connectivity index (χ1v) is 12.4. The van der Waals surface area contributed by atoms with Gasteiger partial charge < -0.3 is 25.4 Å². The summed E-state index contributed by atoms with van der Waals surface area (Å²) in [6.07, 6.45) is 6.94. The summed E-state index contributed by atoms with van der Waals surface area (Å²) in [5.74, 6) is -0.946. The molecular weight excluding hydrogens is 460 g/mol. The summed E-state index contributed by atoms with van der Waals surface area (Å²) in [5, 5.41) is 49.6. The Labute approximate surface area is 205 Å². The summed E-state index contributed by atoms with van der Waals surface area (Å²) in [6.45, 7) is 7.20. The number of fused-ring (bicyclic) bond motifs is 5. The molecule has 34 heavy (non-hydrogen) atoms. The SMILES string of the molecule is CCC(=O)OC/C(=N\O)[C@@]1(O)[C@@H](C)C[C@H]2[C@@H]3CCC4=C/C(=N/O)C=C[C@]4(C)[C@@]3(Cl)[C@@H](O)C[C@@]21C. The van der Waals surface area contributed by atoms with Crippen LogP contribution in [-0.2, 0) is 9.53 Å². The van der Waals surface area contributed by atoms with Crippen molar-refractivity contribution >= 4 is 29.0 Å². The fraction of sp³-hybridized carbons (Fsp3) is 0.720. The Bertz CT molecular complexity index is 994. The van der Waals surface area contributed by atoms with Crippen LogP contribution in [0.25, 0.3) is 0 Å². The Hall–Kier alpha value is -1.90. The van der Waals surface area contributed by atoms with Crippen molar-refractivity contribution in [2.75, 3.05) is 6.61 Å². The van der Waals surface area contributed by atoms with Gasteiger partial charge in [0.15, 0.2) is 0 Å². The maximum absolute atomic E-state index is 12.1. The molecule has 3 fully saturated rings. The van der Waals surface area contributed by atoms with Crippen LogP contribution in [0.15, 0.2) is 34.1 Å². The van der Waals surface area contributed by atoms with Crippen molar-refractivity contribution in [2.24, 2.45) is 38.9 Å². The molecule has 8 atom stereocenters. The zero-order valence-electron chi connectivity index (χ0n) is 20.2. The molecule has 0 heterocycles. The molecule has 0 bridgehead atoms. The quantitative estimate of drug-likeness (QED) is 0.155. The van der Waals surface area contributed by atoms with E-state index in [0.29, 0.717) is 18.6 Å². The molecule has 4 aliphatic rings. The number of carbonyl (C=O) groups is 1. The average Bonchev–Trinajstić information content (AvgIpc) is 3.01. The third-order valence-electron chi connectivity index (χ3n) is 9.57. The lowest BCUT2D eigenvalue weighted by atomic mass is 9.45. The summed E-state index contributed by atoms with van der Waals surface area (Å²) in [4.78, 5) is 10.7. The maximum atomic E-state index is 12.1. The number of rotatable bonds is 4. The maximum Gasteiger partial charge on any atom is 0.305 e. The zero-order valence-corrected chi connectivity index (χ0v) is 20.9. The van der Waals surface area contributed by atoms with Crippen LogP contribution < -0.4 is 0 Å². The number of halogens is 1. The molecule has 0 aromatic carbocycles. The smallest absolute Gasteiger partial charge is 0.305 e. The first-order valence-electron chi connectivity index (χ1n) is 12.0. The van der Waals surface area contributed by atoms with E-state index in [1.165, 1.54) is 0 Å². The number of nitrogens with zero attached hydrogens (tertiary/aromatic N) is 2. The van der Waals surface area contributed by atoms with Gasteiger partial charge >= 0.3 is 5.97 Å². The number of aliphatic hydroxyl groups excluding tert-OH is 1. The second kappa shape index (κ2) is 8.35. The molecule has 0 aromatic heterocycles. The Balaban J connectivity index is 1.75. The van der Waals surface area contributed by atoms with Crippen molar-refractivity contribution < 1.29 is 30.2 Å². The van der Waals surface area contributed by atoms with Crippen LogP contribution in [0.3, 0.4) is 0 Å². The summed E-state index contributed by atoms with van der Waals surface area (Å²) >= 11 is 7.46. The number of alkyl halides is 1. The average molecular weight is 495 g/mol. The number of aliphatic hydroxyl groups is 2. The molecule has 4 N–H and O–H groups in total. The summed E-state index contributed by atoms with van der Waals surface area (Å²) in [5.41, 5.74) is -1.60. The third-order valence-corrected chi connectivity index (χ3v) is 10.5. The van der Waals surface area contributed by atoms with Gasteiger partial charge in [-0.3, -0.25) is 4.79 Å². The number of carbonyl (C=O) groups excluding carboxylic acids is 1. The molecule has 0 aliphatic heterocycles. The van der Waals surface area contributed by atoms with Gasteiger partial charge in [0.05, 0.1) is 11.0 Å². The number of ether oxygens (including phenoxy) is 1. The van der Waals surface area contributed by atoms with Crippen molar-refractivity contribution in [3.05, 3.63) is 23.8 Å². The highest BCUT2D eigenvalue weighted by Crippen LogP contribution is 2.71. The van der Waals surface area contributed by atoms with Crippen LogP contribution in [0.1, 0.15) is 59.8 Å². The van der Waals surface area contributed by atoms with Gasteiger partial charge in [-0.1, -0.05) is 49.7 Å². The predicted molar refractivity (Wildman–Crippen MR) is 127 cm³/mol. The van der Waals surface area contributed by atoms with E-state index in [0.717, 1.165) is 12.0 Å². The van der Waals surface area contributed by atoms with E-state index in [-0.39, 0.29) is 42.9 Å². The molecule has 8 nitrogen and oxygen atoms in total. The molecule has 0 aromatic rings. The first kappa shape index (κ1) is 25.2. The summed E-state index contributed by atoms with van der Waals surface area (Å²) in [7, 11) is 0. The van der Waals surface area contributed by atoms with Crippen molar-refractivity contribution in [1.29, 1.82) is 0 Å². The van der Waals surface area contributed by atoms with Crippen LogP contribution in [-0.4, -0.2) is 61.2 Å². The fourth-order valence-corrected chi connectivity index (χ4v) is 8.22. The van der Waals surface area contributed by atoms with Gasteiger partial charge in [-0.25, -0.2) is 0 Å². The molecule has 4 aliphatic carbocycles. The fourth-order valence-electron chi connectivity index (χ4n) is 7.70. The predicted octanol–water partition coefficient (Wildman–Crippen LogP) is 3.65. The van der Waals surface area contributed by atoms with Gasteiger partial charge in [-0.2, -0.15) is 0 Å².